The average Bonchev–Trinajstić information content (AvgIpc) is 3.16. The molecule has 162 valence electrons. The Balaban J connectivity index is 0.00000272. The van der Waals surface area contributed by atoms with E-state index in [0.717, 1.165) is 21.3 Å². The zero-order valence-corrected chi connectivity index (χ0v) is 19.2. The lowest BCUT2D eigenvalue weighted by Gasteiger charge is -2.12. The second kappa shape index (κ2) is 10.00. The molecule has 2 heterocycles. The molecule has 0 spiro atoms. The maximum absolute atomic E-state index is 13.0. The molecule has 0 amide bonds. The Kier molecular flexibility index (Phi) is 7.37. The molecule has 0 radical (unpaired) electrons. The molecule has 0 aliphatic carbocycles. The first-order chi connectivity index (χ1) is 14.5. The van der Waals surface area contributed by atoms with Crippen molar-refractivity contribution in [2.75, 3.05) is 23.2 Å². The Bertz CT molecular complexity index is 1260. The van der Waals surface area contributed by atoms with Crippen LogP contribution < -0.4 is 14.8 Å². The standard InChI is InChI=1S/C22H21N3O3S2.ClH/c1-16-12-18(14-19(13-16)28-11-10-24-17-6-8-23-9-7-17)25-30(26,27)22-15-29-21-5-3-2-4-20(21)22;/h2-9,12-15,25H,10-11H2,1H3,(H,23,24);1H. The highest BCUT2D eigenvalue weighted by Crippen LogP contribution is 2.31. The van der Waals surface area contributed by atoms with E-state index in [1.54, 1.807) is 29.9 Å². The van der Waals surface area contributed by atoms with Gasteiger partial charge in [0.2, 0.25) is 0 Å². The van der Waals surface area contributed by atoms with Crippen molar-refractivity contribution in [2.45, 2.75) is 11.8 Å². The fourth-order valence-corrected chi connectivity index (χ4v) is 5.64. The second-order valence-corrected chi connectivity index (χ2v) is 9.31. The summed E-state index contributed by atoms with van der Waals surface area (Å²) in [5.41, 5.74) is 2.35. The van der Waals surface area contributed by atoms with Crippen LogP contribution in [0.2, 0.25) is 0 Å². The number of ether oxygens (including phenoxy) is 1. The molecule has 0 saturated carbocycles. The number of pyridine rings is 1. The fourth-order valence-electron chi connectivity index (χ4n) is 3.10. The van der Waals surface area contributed by atoms with E-state index in [1.165, 1.54) is 11.3 Å². The van der Waals surface area contributed by atoms with E-state index in [9.17, 15) is 8.42 Å². The number of nitrogens with one attached hydrogen (secondary N) is 2. The summed E-state index contributed by atoms with van der Waals surface area (Å²) in [5.74, 6) is 0.611. The van der Waals surface area contributed by atoms with Gasteiger partial charge < -0.3 is 10.1 Å². The number of hydrogen-bond donors (Lipinski definition) is 2. The molecule has 0 bridgehead atoms. The Morgan fingerprint density at radius 1 is 1.03 bits per heavy atom. The maximum Gasteiger partial charge on any atom is 0.263 e. The summed E-state index contributed by atoms with van der Waals surface area (Å²) in [4.78, 5) is 4.26. The molecule has 2 aromatic heterocycles. The molecular formula is C22H22ClN3O3S2. The van der Waals surface area contributed by atoms with Crippen LogP contribution in [0.5, 0.6) is 5.75 Å². The number of sulfonamides is 1. The lowest BCUT2D eigenvalue weighted by Crippen LogP contribution is -2.14. The van der Waals surface area contributed by atoms with E-state index in [-0.39, 0.29) is 17.3 Å². The molecule has 4 rings (SSSR count). The van der Waals surface area contributed by atoms with Gasteiger partial charge in [-0.1, -0.05) is 18.2 Å². The molecule has 0 aliphatic heterocycles. The number of rotatable bonds is 8. The molecule has 2 N–H and O–H groups in total. The minimum Gasteiger partial charge on any atom is -0.492 e. The quantitative estimate of drug-likeness (QED) is 0.337. The first kappa shape index (κ1) is 22.9. The highest BCUT2D eigenvalue weighted by molar-refractivity contribution is 7.93. The summed E-state index contributed by atoms with van der Waals surface area (Å²) in [7, 11) is -3.70. The van der Waals surface area contributed by atoms with Crippen molar-refractivity contribution in [1.29, 1.82) is 0 Å². The fraction of sp³-hybridized carbons (Fsp3) is 0.136. The van der Waals surface area contributed by atoms with Crippen LogP contribution in [0, 0.1) is 6.92 Å². The maximum atomic E-state index is 13.0. The summed E-state index contributed by atoms with van der Waals surface area (Å²) in [6.45, 7) is 2.95. The molecule has 0 unspecified atom stereocenters. The van der Waals surface area contributed by atoms with Crippen molar-refractivity contribution in [3.05, 3.63) is 77.9 Å². The average molecular weight is 476 g/mol. The van der Waals surface area contributed by atoms with Gasteiger partial charge in [0, 0.05) is 46.2 Å². The number of benzene rings is 2. The van der Waals surface area contributed by atoms with Gasteiger partial charge in [-0.25, -0.2) is 8.42 Å². The number of aryl methyl sites for hydroxylation is 1. The van der Waals surface area contributed by atoms with Crippen molar-refractivity contribution in [3.8, 4) is 5.75 Å². The van der Waals surface area contributed by atoms with E-state index in [0.29, 0.717) is 24.6 Å². The Morgan fingerprint density at radius 3 is 2.61 bits per heavy atom. The van der Waals surface area contributed by atoms with Crippen LogP contribution >= 0.6 is 23.7 Å². The van der Waals surface area contributed by atoms with Gasteiger partial charge in [-0.05, 0) is 42.8 Å². The zero-order valence-electron chi connectivity index (χ0n) is 16.7. The van der Waals surface area contributed by atoms with Crippen LogP contribution in [0.4, 0.5) is 11.4 Å². The number of hydrogen-bond acceptors (Lipinski definition) is 6. The van der Waals surface area contributed by atoms with Crippen molar-refractivity contribution in [3.63, 3.8) is 0 Å². The predicted molar refractivity (Wildman–Crippen MR) is 129 cm³/mol. The predicted octanol–water partition coefficient (Wildman–Crippen LogP) is 5.32. The third-order valence-corrected chi connectivity index (χ3v) is 6.95. The second-order valence-electron chi connectivity index (χ2n) is 6.75. The summed E-state index contributed by atoms with van der Waals surface area (Å²) >= 11 is 1.41. The molecule has 31 heavy (non-hydrogen) atoms. The van der Waals surface area contributed by atoms with E-state index >= 15 is 0 Å². The molecule has 0 fully saturated rings. The number of aromatic nitrogens is 1. The number of thiophene rings is 1. The van der Waals surface area contributed by atoms with Crippen LogP contribution in [0.25, 0.3) is 10.1 Å². The van der Waals surface area contributed by atoms with Gasteiger partial charge in [0.05, 0.1) is 5.69 Å². The number of fused-ring (bicyclic) bond motifs is 1. The van der Waals surface area contributed by atoms with Gasteiger partial charge >= 0.3 is 0 Å². The van der Waals surface area contributed by atoms with Crippen LogP contribution in [-0.4, -0.2) is 26.6 Å². The summed E-state index contributed by atoms with van der Waals surface area (Å²) in [6.07, 6.45) is 3.44. The van der Waals surface area contributed by atoms with Gasteiger partial charge in [-0.2, -0.15) is 0 Å². The minimum atomic E-state index is -3.70. The van der Waals surface area contributed by atoms with Gasteiger partial charge in [-0.3, -0.25) is 9.71 Å². The first-order valence-electron chi connectivity index (χ1n) is 9.39. The zero-order chi connectivity index (χ0) is 21.0. The van der Waals surface area contributed by atoms with E-state index in [1.807, 2.05) is 49.4 Å². The topological polar surface area (TPSA) is 80.3 Å². The highest BCUT2D eigenvalue weighted by atomic mass is 35.5. The largest absolute Gasteiger partial charge is 0.492 e. The third kappa shape index (κ3) is 5.66. The molecule has 0 atom stereocenters. The van der Waals surface area contributed by atoms with Crippen molar-refractivity contribution in [2.24, 2.45) is 0 Å². The SMILES string of the molecule is Cc1cc(NS(=O)(=O)c2csc3ccccc23)cc(OCCNc2ccncc2)c1.Cl. The van der Waals surface area contributed by atoms with Crippen LogP contribution in [-0.2, 0) is 10.0 Å². The smallest absolute Gasteiger partial charge is 0.263 e. The van der Waals surface area contributed by atoms with Crippen LogP contribution in [0.1, 0.15) is 5.56 Å². The Hall–Kier alpha value is -2.81. The van der Waals surface area contributed by atoms with E-state index in [4.69, 9.17) is 4.74 Å². The number of anilines is 2. The lowest BCUT2D eigenvalue weighted by atomic mass is 10.2. The van der Waals surface area contributed by atoms with E-state index < -0.39 is 10.0 Å². The minimum absolute atomic E-state index is 0. The van der Waals surface area contributed by atoms with Crippen molar-refractivity contribution in [1.82, 2.24) is 4.98 Å². The van der Waals surface area contributed by atoms with Gasteiger partial charge in [0.15, 0.2) is 0 Å². The molecule has 2 aromatic carbocycles. The molecular weight excluding hydrogens is 454 g/mol. The Labute approximate surface area is 191 Å². The lowest BCUT2D eigenvalue weighted by molar-refractivity contribution is 0.333. The Morgan fingerprint density at radius 2 is 1.81 bits per heavy atom. The summed E-state index contributed by atoms with van der Waals surface area (Å²) in [6, 6.07) is 16.6. The molecule has 6 nitrogen and oxygen atoms in total. The summed E-state index contributed by atoms with van der Waals surface area (Å²) < 4.78 is 35.4. The van der Waals surface area contributed by atoms with E-state index in [2.05, 4.69) is 15.0 Å². The van der Waals surface area contributed by atoms with Crippen LogP contribution in [0.3, 0.4) is 0 Å². The van der Waals surface area contributed by atoms with Crippen molar-refractivity contribution >= 4 is 55.2 Å². The highest BCUT2D eigenvalue weighted by Gasteiger charge is 2.19. The van der Waals surface area contributed by atoms with Gasteiger partial charge in [0.25, 0.3) is 10.0 Å². The molecule has 4 aromatic rings. The third-order valence-electron chi connectivity index (χ3n) is 4.42. The first-order valence-corrected chi connectivity index (χ1v) is 11.7. The van der Waals surface area contributed by atoms with Crippen molar-refractivity contribution < 1.29 is 13.2 Å². The normalized spacial score (nSPS) is 11.0. The number of nitrogens with zero attached hydrogens (tertiary/aromatic N) is 1. The molecule has 9 heteroatoms. The van der Waals surface area contributed by atoms with Gasteiger partial charge in [0.1, 0.15) is 17.3 Å². The van der Waals surface area contributed by atoms with Crippen LogP contribution in [0.15, 0.2) is 77.3 Å². The summed E-state index contributed by atoms with van der Waals surface area (Å²) in [5, 5.41) is 5.64. The van der Waals surface area contributed by atoms with Gasteiger partial charge in [-0.15, -0.1) is 23.7 Å². The number of halogens is 1. The molecule has 0 aliphatic rings. The molecule has 0 saturated heterocycles. The monoisotopic (exact) mass is 475 g/mol.